The van der Waals surface area contributed by atoms with E-state index in [9.17, 15) is 4.79 Å². The van der Waals surface area contributed by atoms with E-state index in [2.05, 4.69) is 22.5 Å². The van der Waals surface area contributed by atoms with E-state index >= 15 is 0 Å². The Morgan fingerprint density at radius 2 is 2.29 bits per heavy atom. The normalized spacial score (nSPS) is 9.12. The Hall–Kier alpha value is -1.70. The number of halogens is 1. The molecule has 0 aliphatic carbocycles. The summed E-state index contributed by atoms with van der Waals surface area (Å²) in [5, 5.41) is 14.2. The molecule has 1 aromatic rings. The smallest absolute Gasteiger partial charge is 0.319 e. The molecule has 17 heavy (non-hydrogen) atoms. The van der Waals surface area contributed by atoms with Crippen molar-refractivity contribution in [3.63, 3.8) is 0 Å². The molecule has 0 fully saturated rings. The molecule has 0 heterocycles. The topological polar surface area (TPSA) is 61.4 Å². The van der Waals surface area contributed by atoms with E-state index in [4.69, 9.17) is 16.7 Å². The SMILES string of the molecule is CCNC(=O)Nc1cc(C#CCO)ccc1Cl. The van der Waals surface area contributed by atoms with E-state index < -0.39 is 0 Å². The maximum absolute atomic E-state index is 11.3. The third kappa shape index (κ3) is 4.35. The van der Waals surface area contributed by atoms with Gasteiger partial charge >= 0.3 is 6.03 Å². The number of anilines is 1. The Kier molecular flexibility index (Phi) is 5.34. The van der Waals surface area contributed by atoms with Gasteiger partial charge in [0.15, 0.2) is 0 Å². The fourth-order valence-corrected chi connectivity index (χ4v) is 1.33. The number of hydrogen-bond donors (Lipinski definition) is 3. The summed E-state index contributed by atoms with van der Waals surface area (Å²) in [6.45, 7) is 2.15. The average molecular weight is 253 g/mol. The van der Waals surface area contributed by atoms with E-state index in [0.29, 0.717) is 22.8 Å². The highest BCUT2D eigenvalue weighted by Gasteiger charge is 2.04. The summed E-state index contributed by atoms with van der Waals surface area (Å²) in [6, 6.07) is 4.69. The zero-order chi connectivity index (χ0) is 12.7. The standard InChI is InChI=1S/C12H13ClN2O2/c1-2-14-12(17)15-11-8-9(4-3-7-16)5-6-10(11)13/h5-6,8,16H,2,7H2,1H3,(H2,14,15,17). The molecule has 2 amide bonds. The summed E-state index contributed by atoms with van der Waals surface area (Å²) in [6.07, 6.45) is 0. The number of rotatable bonds is 2. The molecule has 0 aromatic heterocycles. The molecule has 0 atom stereocenters. The quantitative estimate of drug-likeness (QED) is 0.703. The second kappa shape index (κ2) is 6.79. The van der Waals surface area contributed by atoms with Crippen molar-refractivity contribution in [1.82, 2.24) is 5.32 Å². The number of hydrogen-bond acceptors (Lipinski definition) is 2. The third-order valence-electron chi connectivity index (χ3n) is 1.86. The maximum Gasteiger partial charge on any atom is 0.319 e. The van der Waals surface area contributed by atoms with Crippen molar-refractivity contribution in [1.29, 1.82) is 0 Å². The molecule has 0 aliphatic rings. The number of aliphatic hydroxyl groups is 1. The minimum absolute atomic E-state index is 0.207. The van der Waals surface area contributed by atoms with Gasteiger partial charge in [-0.05, 0) is 25.1 Å². The molecular weight excluding hydrogens is 240 g/mol. The predicted molar refractivity (Wildman–Crippen MR) is 68.1 cm³/mol. The second-order valence-electron chi connectivity index (χ2n) is 3.14. The van der Waals surface area contributed by atoms with Gasteiger partial charge in [0.2, 0.25) is 0 Å². The van der Waals surface area contributed by atoms with Gasteiger partial charge in [0, 0.05) is 12.1 Å². The molecule has 0 bridgehead atoms. The Balaban J connectivity index is 2.86. The van der Waals surface area contributed by atoms with Crippen molar-refractivity contribution in [3.05, 3.63) is 28.8 Å². The van der Waals surface area contributed by atoms with E-state index in [1.807, 2.05) is 6.92 Å². The highest BCUT2D eigenvalue weighted by atomic mass is 35.5. The van der Waals surface area contributed by atoms with Gasteiger partial charge in [-0.25, -0.2) is 4.79 Å². The summed E-state index contributed by atoms with van der Waals surface area (Å²) in [5.74, 6) is 5.26. The number of carbonyl (C=O) groups is 1. The molecule has 4 nitrogen and oxygen atoms in total. The van der Waals surface area contributed by atoms with E-state index in [1.54, 1.807) is 18.2 Å². The van der Waals surface area contributed by atoms with E-state index in [1.165, 1.54) is 0 Å². The number of nitrogens with one attached hydrogen (secondary N) is 2. The highest BCUT2D eigenvalue weighted by Crippen LogP contribution is 2.22. The molecule has 3 N–H and O–H groups in total. The van der Waals surface area contributed by atoms with Crippen LogP contribution in [0.3, 0.4) is 0 Å². The average Bonchev–Trinajstić information content (AvgIpc) is 2.30. The maximum atomic E-state index is 11.3. The first-order valence-corrected chi connectivity index (χ1v) is 5.49. The van der Waals surface area contributed by atoms with Crippen molar-refractivity contribution >= 4 is 23.3 Å². The van der Waals surface area contributed by atoms with Crippen LogP contribution in [-0.2, 0) is 0 Å². The van der Waals surface area contributed by atoms with Crippen LogP contribution in [-0.4, -0.2) is 24.3 Å². The second-order valence-corrected chi connectivity index (χ2v) is 3.55. The van der Waals surface area contributed by atoms with Crippen LogP contribution in [0.2, 0.25) is 5.02 Å². The van der Waals surface area contributed by atoms with Gasteiger partial charge in [0.1, 0.15) is 6.61 Å². The number of benzene rings is 1. The molecular formula is C12H13ClN2O2. The Morgan fingerprint density at radius 1 is 1.53 bits per heavy atom. The molecule has 0 aliphatic heterocycles. The number of amides is 2. The molecule has 90 valence electrons. The summed E-state index contributed by atoms with van der Waals surface area (Å²) in [7, 11) is 0. The van der Waals surface area contributed by atoms with Crippen molar-refractivity contribution in [2.75, 3.05) is 18.5 Å². The van der Waals surface area contributed by atoms with Crippen LogP contribution in [0, 0.1) is 11.8 Å². The molecule has 0 unspecified atom stereocenters. The van der Waals surface area contributed by atoms with Gasteiger partial charge in [-0.3, -0.25) is 0 Å². The highest BCUT2D eigenvalue weighted by molar-refractivity contribution is 6.33. The van der Waals surface area contributed by atoms with Gasteiger partial charge in [-0.1, -0.05) is 23.4 Å². The van der Waals surface area contributed by atoms with Crippen LogP contribution in [0.25, 0.3) is 0 Å². The van der Waals surface area contributed by atoms with Crippen LogP contribution < -0.4 is 10.6 Å². The first kappa shape index (κ1) is 13.4. The minimum Gasteiger partial charge on any atom is -0.384 e. The molecule has 5 heteroatoms. The summed E-state index contributed by atoms with van der Waals surface area (Å²) >= 11 is 5.93. The zero-order valence-corrected chi connectivity index (χ0v) is 10.1. The predicted octanol–water partition coefficient (Wildman–Crippen LogP) is 1.83. The summed E-state index contributed by atoms with van der Waals surface area (Å²) in [5.41, 5.74) is 1.16. The Morgan fingerprint density at radius 3 is 2.94 bits per heavy atom. The number of carbonyl (C=O) groups excluding carboxylic acids is 1. The van der Waals surface area contributed by atoms with Crippen molar-refractivity contribution < 1.29 is 9.90 Å². The summed E-state index contributed by atoms with van der Waals surface area (Å²) in [4.78, 5) is 11.3. The van der Waals surface area contributed by atoms with Gasteiger partial charge in [-0.15, -0.1) is 0 Å². The first-order valence-electron chi connectivity index (χ1n) is 5.11. The fourth-order valence-electron chi connectivity index (χ4n) is 1.17. The van der Waals surface area contributed by atoms with Crippen LogP contribution >= 0.6 is 11.6 Å². The minimum atomic E-state index is -0.318. The zero-order valence-electron chi connectivity index (χ0n) is 9.38. The molecule has 0 radical (unpaired) electrons. The lowest BCUT2D eigenvalue weighted by Crippen LogP contribution is -2.28. The lowest BCUT2D eigenvalue weighted by atomic mass is 10.2. The Labute approximate surface area is 105 Å². The van der Waals surface area contributed by atoms with Gasteiger partial charge < -0.3 is 15.7 Å². The molecule has 1 rings (SSSR count). The van der Waals surface area contributed by atoms with Gasteiger partial charge in [0.05, 0.1) is 10.7 Å². The number of aliphatic hydroxyl groups excluding tert-OH is 1. The monoisotopic (exact) mass is 252 g/mol. The van der Waals surface area contributed by atoms with Gasteiger partial charge in [0.25, 0.3) is 0 Å². The molecule has 0 saturated heterocycles. The number of urea groups is 1. The van der Waals surface area contributed by atoms with Crippen molar-refractivity contribution in [2.45, 2.75) is 6.92 Å². The largest absolute Gasteiger partial charge is 0.384 e. The van der Waals surface area contributed by atoms with Crippen molar-refractivity contribution in [2.24, 2.45) is 0 Å². The van der Waals surface area contributed by atoms with E-state index in [-0.39, 0.29) is 12.6 Å². The van der Waals surface area contributed by atoms with Crippen molar-refractivity contribution in [3.8, 4) is 11.8 Å². The molecule has 0 spiro atoms. The third-order valence-corrected chi connectivity index (χ3v) is 2.19. The van der Waals surface area contributed by atoms with Crippen LogP contribution in [0.4, 0.5) is 10.5 Å². The van der Waals surface area contributed by atoms with Crippen LogP contribution in [0.15, 0.2) is 18.2 Å². The summed E-state index contributed by atoms with van der Waals surface area (Å²) < 4.78 is 0. The van der Waals surface area contributed by atoms with Crippen LogP contribution in [0.5, 0.6) is 0 Å². The molecule has 1 aromatic carbocycles. The van der Waals surface area contributed by atoms with E-state index in [0.717, 1.165) is 0 Å². The first-order chi connectivity index (χ1) is 8.17. The van der Waals surface area contributed by atoms with Gasteiger partial charge in [-0.2, -0.15) is 0 Å². The fraction of sp³-hybridized carbons (Fsp3) is 0.250. The molecule has 0 saturated carbocycles. The lowest BCUT2D eigenvalue weighted by molar-refractivity contribution is 0.252. The van der Waals surface area contributed by atoms with Crippen LogP contribution in [0.1, 0.15) is 12.5 Å². The Bertz CT molecular complexity index is 463. The lowest BCUT2D eigenvalue weighted by Gasteiger charge is -2.07.